The molecule has 1 aromatic carbocycles. The third-order valence-corrected chi connectivity index (χ3v) is 2.91. The van der Waals surface area contributed by atoms with Crippen molar-refractivity contribution in [3.05, 3.63) is 34.4 Å². The molecule has 0 aromatic heterocycles. The number of hydrogen-bond donors (Lipinski definition) is 1. The lowest BCUT2D eigenvalue weighted by molar-refractivity contribution is -0.384. The van der Waals surface area contributed by atoms with E-state index < -0.39 is 4.92 Å². The van der Waals surface area contributed by atoms with Gasteiger partial charge >= 0.3 is 0 Å². The number of nitrogens with zero attached hydrogens (tertiary/aromatic N) is 2. The number of nitro benzene ring substituents is 1. The van der Waals surface area contributed by atoms with Crippen LogP contribution in [0.15, 0.2) is 24.3 Å². The van der Waals surface area contributed by atoms with E-state index >= 15 is 0 Å². The Bertz CT molecular complexity index is 441. The Kier molecular flexibility index (Phi) is 5.29. The minimum absolute atomic E-state index is 0.0170. The molecule has 6 heteroatoms. The summed E-state index contributed by atoms with van der Waals surface area (Å²) in [5, 5.41) is 13.6. The number of nitrogens with one attached hydrogen (secondary N) is 1. The molecule has 0 aliphatic heterocycles. The Morgan fingerprint density at radius 3 is 2.26 bits per heavy atom. The number of carbonyl (C=O) groups excluding carboxylic acids is 1. The zero-order valence-corrected chi connectivity index (χ0v) is 11.4. The van der Waals surface area contributed by atoms with Gasteiger partial charge in [-0.25, -0.2) is 0 Å². The molecule has 19 heavy (non-hydrogen) atoms. The van der Waals surface area contributed by atoms with E-state index in [-0.39, 0.29) is 17.6 Å². The van der Waals surface area contributed by atoms with Crippen molar-refractivity contribution in [2.75, 3.05) is 18.4 Å². The highest BCUT2D eigenvalue weighted by atomic mass is 16.6. The lowest BCUT2D eigenvalue weighted by Gasteiger charge is -2.24. The molecule has 0 heterocycles. The third-order valence-electron chi connectivity index (χ3n) is 2.91. The quantitative estimate of drug-likeness (QED) is 0.632. The number of non-ortho nitro benzene ring substituents is 1. The van der Waals surface area contributed by atoms with Gasteiger partial charge in [0.15, 0.2) is 0 Å². The van der Waals surface area contributed by atoms with Crippen molar-refractivity contribution in [3.8, 4) is 0 Å². The fourth-order valence-electron chi connectivity index (χ4n) is 1.80. The van der Waals surface area contributed by atoms with Crippen molar-refractivity contribution >= 4 is 17.3 Å². The van der Waals surface area contributed by atoms with Crippen LogP contribution in [0.4, 0.5) is 11.4 Å². The summed E-state index contributed by atoms with van der Waals surface area (Å²) in [7, 11) is 0. The average molecular weight is 265 g/mol. The van der Waals surface area contributed by atoms with Crippen LogP contribution in [-0.2, 0) is 4.79 Å². The summed E-state index contributed by atoms with van der Waals surface area (Å²) >= 11 is 0. The topological polar surface area (TPSA) is 75.5 Å². The predicted molar refractivity (Wildman–Crippen MR) is 74.1 cm³/mol. The number of anilines is 1. The highest BCUT2D eigenvalue weighted by Crippen LogP contribution is 2.16. The van der Waals surface area contributed by atoms with Crippen LogP contribution in [0.25, 0.3) is 0 Å². The van der Waals surface area contributed by atoms with Gasteiger partial charge in [-0.05, 0) is 32.9 Å². The van der Waals surface area contributed by atoms with E-state index in [1.165, 1.54) is 12.1 Å². The Hall–Kier alpha value is -2.11. The lowest BCUT2D eigenvalue weighted by atomic mass is 10.2. The monoisotopic (exact) mass is 265 g/mol. The third kappa shape index (κ3) is 3.94. The first kappa shape index (κ1) is 14.9. The highest BCUT2D eigenvalue weighted by Gasteiger charge is 2.17. The molecule has 0 saturated carbocycles. The van der Waals surface area contributed by atoms with Gasteiger partial charge in [0.05, 0.1) is 4.92 Å². The van der Waals surface area contributed by atoms with Gasteiger partial charge < -0.3 is 10.2 Å². The van der Waals surface area contributed by atoms with E-state index in [2.05, 4.69) is 5.32 Å². The molecule has 1 aromatic rings. The first-order valence-corrected chi connectivity index (χ1v) is 6.29. The average Bonchev–Trinajstić information content (AvgIpc) is 2.40. The fraction of sp³-hybridized carbons (Fsp3) is 0.462. The zero-order chi connectivity index (χ0) is 14.4. The molecule has 0 radical (unpaired) electrons. The zero-order valence-electron chi connectivity index (χ0n) is 11.4. The number of rotatable bonds is 6. The van der Waals surface area contributed by atoms with Gasteiger partial charge in [-0.15, -0.1) is 0 Å². The van der Waals surface area contributed by atoms with Crippen LogP contribution in [0, 0.1) is 10.1 Å². The number of amides is 1. The van der Waals surface area contributed by atoms with Crippen molar-refractivity contribution in [2.45, 2.75) is 26.8 Å². The molecule has 1 unspecified atom stereocenters. The minimum Gasteiger partial charge on any atom is -0.374 e. The summed E-state index contributed by atoms with van der Waals surface area (Å²) in [6.45, 7) is 6.98. The van der Waals surface area contributed by atoms with Gasteiger partial charge in [-0.3, -0.25) is 14.9 Å². The summed E-state index contributed by atoms with van der Waals surface area (Å²) in [6.07, 6.45) is 0. The summed E-state index contributed by atoms with van der Waals surface area (Å²) < 4.78 is 0. The van der Waals surface area contributed by atoms with Gasteiger partial charge in [0, 0.05) is 30.9 Å². The molecule has 104 valence electrons. The summed E-state index contributed by atoms with van der Waals surface area (Å²) in [5.41, 5.74) is 0.729. The van der Waals surface area contributed by atoms with Crippen molar-refractivity contribution < 1.29 is 9.72 Å². The van der Waals surface area contributed by atoms with Crippen LogP contribution >= 0.6 is 0 Å². The predicted octanol–water partition coefficient (Wildman–Crippen LogP) is 2.26. The van der Waals surface area contributed by atoms with Gasteiger partial charge in [-0.1, -0.05) is 0 Å². The molecule has 1 amide bonds. The maximum atomic E-state index is 12.0. The molecule has 0 fully saturated rings. The number of likely N-dealkylation sites (N-methyl/N-ethyl adjacent to an activating group) is 1. The summed E-state index contributed by atoms with van der Waals surface area (Å²) in [4.78, 5) is 23.9. The second-order valence-electron chi connectivity index (χ2n) is 4.18. The van der Waals surface area contributed by atoms with Crippen molar-refractivity contribution in [1.29, 1.82) is 0 Å². The molecule has 0 aliphatic carbocycles. The first-order valence-electron chi connectivity index (χ1n) is 6.29. The fourth-order valence-corrected chi connectivity index (χ4v) is 1.80. The molecule has 0 spiro atoms. The van der Waals surface area contributed by atoms with Crippen molar-refractivity contribution in [1.82, 2.24) is 4.90 Å². The molecule has 0 aliphatic rings. The van der Waals surface area contributed by atoms with Crippen LogP contribution in [0.1, 0.15) is 20.8 Å². The Balaban J connectivity index is 2.68. The number of nitro groups is 1. The Morgan fingerprint density at radius 1 is 1.32 bits per heavy atom. The van der Waals surface area contributed by atoms with Crippen molar-refractivity contribution in [3.63, 3.8) is 0 Å². The van der Waals surface area contributed by atoms with E-state index in [0.717, 1.165) is 0 Å². The largest absolute Gasteiger partial charge is 0.374 e. The Labute approximate surface area is 112 Å². The van der Waals surface area contributed by atoms with E-state index in [9.17, 15) is 14.9 Å². The molecule has 0 saturated heterocycles. The first-order chi connectivity index (χ1) is 8.99. The van der Waals surface area contributed by atoms with E-state index in [1.54, 1.807) is 24.0 Å². The van der Waals surface area contributed by atoms with Gasteiger partial charge in [0.2, 0.25) is 5.91 Å². The standard InChI is InChI=1S/C13H19N3O3/c1-4-15(5-2)13(17)10(3)14-11-6-8-12(9-7-11)16(18)19/h6-10,14H,4-5H2,1-3H3. The van der Waals surface area contributed by atoms with Gasteiger partial charge in [0.25, 0.3) is 5.69 Å². The van der Waals surface area contributed by atoms with Crippen LogP contribution in [0.5, 0.6) is 0 Å². The van der Waals surface area contributed by atoms with Crippen molar-refractivity contribution in [2.24, 2.45) is 0 Å². The SMILES string of the molecule is CCN(CC)C(=O)C(C)Nc1ccc([N+](=O)[O-])cc1. The molecule has 1 atom stereocenters. The second kappa shape index (κ2) is 6.72. The minimum atomic E-state index is -0.450. The van der Waals surface area contributed by atoms with Gasteiger partial charge in [0.1, 0.15) is 6.04 Å². The van der Waals surface area contributed by atoms with E-state index in [4.69, 9.17) is 0 Å². The molecule has 6 nitrogen and oxygen atoms in total. The summed E-state index contributed by atoms with van der Waals surface area (Å²) in [6, 6.07) is 5.67. The normalized spacial score (nSPS) is 11.7. The molecule has 1 rings (SSSR count). The van der Waals surface area contributed by atoms with Gasteiger partial charge in [-0.2, -0.15) is 0 Å². The van der Waals surface area contributed by atoms with Crippen LogP contribution < -0.4 is 5.32 Å². The highest BCUT2D eigenvalue weighted by molar-refractivity contribution is 5.84. The van der Waals surface area contributed by atoms with Crippen LogP contribution in [0.3, 0.4) is 0 Å². The van der Waals surface area contributed by atoms with Crippen LogP contribution in [0.2, 0.25) is 0 Å². The number of benzene rings is 1. The molecular formula is C13H19N3O3. The molecule has 1 N–H and O–H groups in total. The number of hydrogen-bond acceptors (Lipinski definition) is 4. The maximum Gasteiger partial charge on any atom is 0.269 e. The summed E-state index contributed by atoms with van der Waals surface area (Å²) in [5.74, 6) is 0.0170. The lowest BCUT2D eigenvalue weighted by Crippen LogP contribution is -2.41. The van der Waals surface area contributed by atoms with E-state index in [0.29, 0.717) is 18.8 Å². The van der Waals surface area contributed by atoms with Crippen LogP contribution in [-0.4, -0.2) is 34.9 Å². The molecule has 0 bridgehead atoms. The maximum absolute atomic E-state index is 12.0. The van der Waals surface area contributed by atoms with E-state index in [1.807, 2.05) is 13.8 Å². The smallest absolute Gasteiger partial charge is 0.269 e. The Morgan fingerprint density at radius 2 is 1.84 bits per heavy atom. The molecular weight excluding hydrogens is 246 g/mol. The number of carbonyl (C=O) groups is 1. The second-order valence-corrected chi connectivity index (χ2v) is 4.18.